The smallest absolute Gasteiger partial charge is 0.119 e. The van der Waals surface area contributed by atoms with Crippen molar-refractivity contribution in [2.45, 2.75) is 69.9 Å². The van der Waals surface area contributed by atoms with Crippen LogP contribution in [0.4, 0.5) is 0 Å². The number of hydrogen-bond donors (Lipinski definition) is 0. The van der Waals surface area contributed by atoms with Gasteiger partial charge in [-0.2, -0.15) is 0 Å². The number of piperidine rings is 1. The molecule has 22 heavy (non-hydrogen) atoms. The van der Waals surface area contributed by atoms with Crippen molar-refractivity contribution in [3.63, 3.8) is 0 Å². The molecule has 3 aliphatic rings. The quantitative estimate of drug-likeness (QED) is 0.813. The van der Waals surface area contributed by atoms with Crippen LogP contribution >= 0.6 is 0 Å². The van der Waals surface area contributed by atoms with Gasteiger partial charge < -0.3 is 9.64 Å². The molecule has 120 valence electrons. The van der Waals surface area contributed by atoms with Gasteiger partial charge >= 0.3 is 0 Å². The minimum atomic E-state index is -0.873. The maximum atomic E-state index is 8.03. The molecule has 0 N–H and O–H groups in total. The monoisotopic (exact) mass is 300 g/mol. The first-order valence-electron chi connectivity index (χ1n) is 9.42. The third kappa shape index (κ3) is 2.11. The van der Waals surface area contributed by atoms with Crippen LogP contribution in [-0.4, -0.2) is 30.6 Å². The molecule has 1 aromatic carbocycles. The number of likely N-dealkylation sites (N-methyl/N-ethyl adjacent to an activating group) is 1. The summed E-state index contributed by atoms with van der Waals surface area (Å²) in [5, 5.41) is 0. The van der Waals surface area contributed by atoms with Gasteiger partial charge in [0, 0.05) is 11.5 Å². The predicted molar refractivity (Wildman–Crippen MR) is 90.6 cm³/mol. The van der Waals surface area contributed by atoms with E-state index in [1.54, 1.807) is 19.4 Å². The van der Waals surface area contributed by atoms with E-state index in [1.165, 1.54) is 50.6 Å². The van der Waals surface area contributed by atoms with Crippen molar-refractivity contribution in [3.05, 3.63) is 29.3 Å². The van der Waals surface area contributed by atoms with Crippen molar-refractivity contribution >= 4 is 0 Å². The first kappa shape index (κ1) is 13.4. The van der Waals surface area contributed by atoms with Crippen molar-refractivity contribution in [3.8, 4) is 5.75 Å². The molecule has 0 radical (unpaired) electrons. The minimum Gasteiger partial charge on any atom is -0.491 e. The zero-order chi connectivity index (χ0) is 16.2. The zero-order valence-corrected chi connectivity index (χ0v) is 14.2. The van der Waals surface area contributed by atoms with Crippen LogP contribution < -0.4 is 4.74 Å². The fourth-order valence-electron chi connectivity index (χ4n) is 5.48. The van der Waals surface area contributed by atoms with Gasteiger partial charge in [0.15, 0.2) is 0 Å². The molecular weight excluding hydrogens is 270 g/mol. The molecule has 1 aliphatic heterocycles. The summed E-state index contributed by atoms with van der Waals surface area (Å²) in [6.45, 7) is 4.83. The van der Waals surface area contributed by atoms with Crippen molar-refractivity contribution in [1.29, 1.82) is 0 Å². The molecule has 0 aromatic heterocycles. The van der Waals surface area contributed by atoms with Gasteiger partial charge in [-0.1, -0.05) is 18.9 Å². The highest BCUT2D eigenvalue weighted by atomic mass is 16.5. The second-order valence-corrected chi connectivity index (χ2v) is 7.84. The molecule has 1 saturated heterocycles. The summed E-state index contributed by atoms with van der Waals surface area (Å²) in [6.07, 6.45) is 7.06. The molecule has 2 fully saturated rings. The number of ether oxygens (including phenoxy) is 1. The molecule has 1 heterocycles. The summed E-state index contributed by atoms with van der Waals surface area (Å²) in [5.74, 6) is 1.68. The molecule has 0 unspecified atom stereocenters. The molecule has 2 heteroatoms. The van der Waals surface area contributed by atoms with E-state index in [4.69, 9.17) is 6.11 Å². The summed E-state index contributed by atoms with van der Waals surface area (Å²) >= 11 is 0. The molecule has 0 spiro atoms. The average molecular weight is 300 g/mol. The normalized spacial score (nSPS) is 35.3. The maximum absolute atomic E-state index is 8.03. The van der Waals surface area contributed by atoms with E-state index in [0.717, 1.165) is 17.7 Å². The number of benzene rings is 1. The highest BCUT2D eigenvalue weighted by Crippen LogP contribution is 2.55. The van der Waals surface area contributed by atoms with Crippen LogP contribution in [-0.2, 0) is 11.8 Å². The van der Waals surface area contributed by atoms with Crippen LogP contribution in [0.1, 0.15) is 58.4 Å². The maximum Gasteiger partial charge on any atom is 0.119 e. The second-order valence-electron chi connectivity index (χ2n) is 7.84. The average Bonchev–Trinajstić information content (AvgIpc) is 2.50. The standard InChI is InChI=1S/C20H29NO/c1-14(2)22-16-8-7-15-12-19-17-6-4-5-9-20(17,18(15)13-16)10-11-21(19)3/h7-8,13-14,17,19H,4-6,9-12H2,1-3H3/t17-,19+,20+/m1/s1/i14D. The third-order valence-electron chi connectivity index (χ3n) is 6.41. The summed E-state index contributed by atoms with van der Waals surface area (Å²) in [7, 11) is 2.31. The van der Waals surface area contributed by atoms with Crippen molar-refractivity contribution in [2.24, 2.45) is 5.92 Å². The molecule has 0 amide bonds. The van der Waals surface area contributed by atoms with E-state index in [-0.39, 0.29) is 0 Å². The van der Waals surface area contributed by atoms with Crippen LogP contribution in [0, 0.1) is 5.92 Å². The Bertz CT molecular complexity index is 608. The third-order valence-corrected chi connectivity index (χ3v) is 6.41. The lowest BCUT2D eigenvalue weighted by atomic mass is 9.52. The second kappa shape index (κ2) is 5.26. The fourth-order valence-corrected chi connectivity index (χ4v) is 5.48. The Morgan fingerprint density at radius 3 is 3.00 bits per heavy atom. The lowest BCUT2D eigenvalue weighted by Crippen LogP contribution is -2.59. The molecule has 2 nitrogen and oxygen atoms in total. The molecule has 2 aliphatic carbocycles. The Hall–Kier alpha value is -1.02. The fraction of sp³-hybridized carbons (Fsp3) is 0.700. The van der Waals surface area contributed by atoms with Crippen molar-refractivity contribution in [2.75, 3.05) is 13.6 Å². The molecule has 4 rings (SSSR count). The molecular formula is C20H29NO. The summed E-state index contributed by atoms with van der Waals surface area (Å²) < 4.78 is 13.9. The zero-order valence-electron chi connectivity index (χ0n) is 15.2. The molecule has 3 atom stereocenters. The first-order chi connectivity index (χ1) is 10.9. The van der Waals surface area contributed by atoms with Gasteiger partial charge in [-0.3, -0.25) is 0 Å². The van der Waals surface area contributed by atoms with Gasteiger partial charge in [0.25, 0.3) is 0 Å². The van der Waals surface area contributed by atoms with E-state index < -0.39 is 6.08 Å². The summed E-state index contributed by atoms with van der Waals surface area (Å²) in [5.41, 5.74) is 3.44. The Balaban J connectivity index is 1.79. The lowest BCUT2D eigenvalue weighted by Gasteiger charge is -2.58. The number of likely N-dealkylation sites (tertiary alicyclic amines) is 1. The van der Waals surface area contributed by atoms with Crippen LogP contribution in [0.25, 0.3) is 0 Å². The van der Waals surface area contributed by atoms with E-state index in [1.807, 2.05) is 0 Å². The summed E-state index contributed by atoms with van der Waals surface area (Å²) in [6, 6.07) is 7.35. The van der Waals surface area contributed by atoms with Gasteiger partial charge in [-0.15, -0.1) is 0 Å². The first-order valence-corrected chi connectivity index (χ1v) is 8.92. The van der Waals surface area contributed by atoms with Gasteiger partial charge in [0.1, 0.15) is 5.75 Å². The topological polar surface area (TPSA) is 12.5 Å². The number of hydrogen-bond acceptors (Lipinski definition) is 2. The van der Waals surface area contributed by atoms with E-state index >= 15 is 0 Å². The Labute approximate surface area is 136 Å². The highest BCUT2D eigenvalue weighted by Gasteiger charge is 2.53. The van der Waals surface area contributed by atoms with Gasteiger partial charge in [-0.05, 0) is 82.3 Å². The van der Waals surface area contributed by atoms with Crippen LogP contribution in [0.5, 0.6) is 5.75 Å². The molecule has 1 aromatic rings. The van der Waals surface area contributed by atoms with E-state index in [0.29, 0.717) is 5.41 Å². The Kier molecular flexibility index (Phi) is 3.21. The van der Waals surface area contributed by atoms with Crippen LogP contribution in [0.2, 0.25) is 0 Å². The lowest BCUT2D eigenvalue weighted by molar-refractivity contribution is 0.00266. The van der Waals surface area contributed by atoms with Gasteiger partial charge in [0.05, 0.1) is 7.45 Å². The van der Waals surface area contributed by atoms with E-state index in [9.17, 15) is 0 Å². The van der Waals surface area contributed by atoms with Crippen LogP contribution in [0.15, 0.2) is 18.2 Å². The number of nitrogens with zero attached hydrogens (tertiary/aromatic N) is 1. The van der Waals surface area contributed by atoms with Crippen molar-refractivity contribution < 1.29 is 6.11 Å². The minimum absolute atomic E-state index is 0.370. The molecule has 2 bridgehead atoms. The Morgan fingerprint density at radius 2 is 2.18 bits per heavy atom. The van der Waals surface area contributed by atoms with Crippen molar-refractivity contribution in [1.82, 2.24) is 4.90 Å². The number of fused-ring (bicyclic) bond motifs is 1. The van der Waals surface area contributed by atoms with Gasteiger partial charge in [0.2, 0.25) is 0 Å². The predicted octanol–water partition coefficient (Wildman–Crippen LogP) is 4.16. The van der Waals surface area contributed by atoms with Gasteiger partial charge in [-0.25, -0.2) is 0 Å². The van der Waals surface area contributed by atoms with Crippen LogP contribution in [0.3, 0.4) is 0 Å². The Morgan fingerprint density at radius 1 is 1.32 bits per heavy atom. The highest BCUT2D eigenvalue weighted by molar-refractivity contribution is 5.45. The SMILES string of the molecule is [2H]C(C)(C)Oc1ccc2c(c1)[C@]13CCCC[C@@H]1[C@H](C2)N(C)CC3. The number of rotatable bonds is 2. The largest absolute Gasteiger partial charge is 0.491 e. The molecule has 1 saturated carbocycles. The summed E-state index contributed by atoms with van der Waals surface area (Å²) in [4.78, 5) is 2.61. The van der Waals surface area contributed by atoms with E-state index in [2.05, 4.69) is 30.1 Å².